The van der Waals surface area contributed by atoms with Gasteiger partial charge in [-0.15, -0.1) is 0 Å². The van der Waals surface area contributed by atoms with E-state index in [0.29, 0.717) is 0 Å². The maximum atomic E-state index is 4.37. The molecule has 0 amide bonds. The van der Waals surface area contributed by atoms with Gasteiger partial charge in [-0.3, -0.25) is 0 Å². The zero-order chi connectivity index (χ0) is 9.97. The minimum absolute atomic E-state index is 0.985. The smallest absolute Gasteiger partial charge is 0.0649 e. The van der Waals surface area contributed by atoms with Gasteiger partial charge in [0.2, 0.25) is 0 Å². The van der Waals surface area contributed by atoms with E-state index < -0.39 is 0 Å². The van der Waals surface area contributed by atoms with Gasteiger partial charge in [0, 0.05) is 4.43 Å². The second-order valence-electron chi connectivity index (χ2n) is 3.16. The monoisotopic (exact) mass is 298 g/mol. The molecule has 0 atom stereocenters. The Labute approximate surface area is 97.1 Å². The molecule has 0 saturated heterocycles. The highest BCUT2D eigenvalue weighted by atomic mass is 127. The molecule has 0 aliphatic heterocycles. The molecule has 1 aromatic heterocycles. The predicted octanol–water partition coefficient (Wildman–Crippen LogP) is 3.12. The molecule has 0 saturated carbocycles. The number of halogens is 1. The molecule has 1 heterocycles. The highest BCUT2D eigenvalue weighted by Gasteiger charge is 2.06. The molecule has 0 aliphatic rings. The van der Waals surface area contributed by atoms with Crippen LogP contribution in [-0.4, -0.2) is 9.78 Å². The second-order valence-corrected chi connectivity index (χ2v) is 3.92. The molecular weight excluding hydrogens is 287 g/mol. The Balaban J connectivity index is 2.52. The third-order valence-electron chi connectivity index (χ3n) is 2.21. The van der Waals surface area contributed by atoms with Gasteiger partial charge in [0.05, 0.1) is 17.6 Å². The Hall–Kier alpha value is -0.840. The first-order chi connectivity index (χ1) is 6.83. The first-order valence-corrected chi connectivity index (χ1v) is 6.00. The van der Waals surface area contributed by atoms with E-state index in [4.69, 9.17) is 0 Å². The Morgan fingerprint density at radius 1 is 1.29 bits per heavy atom. The first-order valence-electron chi connectivity index (χ1n) is 4.48. The largest absolute Gasteiger partial charge is 0.237 e. The van der Waals surface area contributed by atoms with Crippen molar-refractivity contribution in [3.63, 3.8) is 0 Å². The number of nitrogens with zero attached hydrogens (tertiary/aromatic N) is 2. The van der Waals surface area contributed by atoms with Gasteiger partial charge >= 0.3 is 0 Å². The number of hydrogen-bond acceptors (Lipinski definition) is 1. The van der Waals surface area contributed by atoms with Crippen molar-refractivity contribution in [1.82, 2.24) is 9.78 Å². The van der Waals surface area contributed by atoms with Crippen molar-refractivity contribution >= 4 is 22.6 Å². The van der Waals surface area contributed by atoms with E-state index in [9.17, 15) is 0 Å². The first kappa shape index (κ1) is 9.71. The van der Waals surface area contributed by atoms with Crippen molar-refractivity contribution in [3.8, 4) is 5.69 Å². The summed E-state index contributed by atoms with van der Waals surface area (Å²) in [5, 5.41) is 4.37. The minimum Gasteiger partial charge on any atom is -0.237 e. The number of rotatable bonds is 2. The molecule has 0 fully saturated rings. The van der Waals surface area contributed by atoms with Crippen LogP contribution in [0.15, 0.2) is 36.5 Å². The van der Waals surface area contributed by atoms with Crippen LogP contribution >= 0.6 is 22.6 Å². The lowest BCUT2D eigenvalue weighted by molar-refractivity contribution is 0.844. The van der Waals surface area contributed by atoms with Gasteiger partial charge in [-0.1, -0.05) is 40.8 Å². The normalized spacial score (nSPS) is 10.4. The molecule has 2 aromatic rings. The van der Waals surface area contributed by atoms with Crippen molar-refractivity contribution < 1.29 is 0 Å². The van der Waals surface area contributed by atoms with Crippen LogP contribution in [0, 0.1) is 6.92 Å². The maximum absolute atomic E-state index is 4.37. The molecule has 2 nitrogen and oxygen atoms in total. The minimum atomic E-state index is 0.985. The Morgan fingerprint density at radius 3 is 2.64 bits per heavy atom. The number of hydrogen-bond donors (Lipinski definition) is 0. The van der Waals surface area contributed by atoms with Crippen LogP contribution in [0.1, 0.15) is 11.3 Å². The summed E-state index contributed by atoms with van der Waals surface area (Å²) in [4.78, 5) is 0. The van der Waals surface area contributed by atoms with Crippen LogP contribution in [0.4, 0.5) is 0 Å². The number of alkyl halides is 1. The van der Waals surface area contributed by atoms with Crippen LogP contribution in [0.25, 0.3) is 5.69 Å². The Kier molecular flexibility index (Phi) is 2.86. The molecule has 0 unspecified atom stereocenters. The van der Waals surface area contributed by atoms with E-state index in [-0.39, 0.29) is 0 Å². The second kappa shape index (κ2) is 4.13. The van der Waals surface area contributed by atoms with Gasteiger partial charge < -0.3 is 0 Å². The van der Waals surface area contributed by atoms with Gasteiger partial charge in [0.15, 0.2) is 0 Å². The van der Waals surface area contributed by atoms with Gasteiger partial charge in [0.25, 0.3) is 0 Å². The van der Waals surface area contributed by atoms with Crippen LogP contribution in [-0.2, 0) is 4.43 Å². The zero-order valence-electron chi connectivity index (χ0n) is 7.94. The summed E-state index contributed by atoms with van der Waals surface area (Å²) in [6.07, 6.45) is 1.92. The van der Waals surface area contributed by atoms with E-state index in [1.807, 2.05) is 29.1 Å². The lowest BCUT2D eigenvalue weighted by atomic mass is 10.3. The molecule has 3 heteroatoms. The predicted molar refractivity (Wildman–Crippen MR) is 66.0 cm³/mol. The number of aromatic nitrogens is 2. The lowest BCUT2D eigenvalue weighted by Crippen LogP contribution is -2.00. The summed E-state index contributed by atoms with van der Waals surface area (Å²) in [5.74, 6) is 0. The topological polar surface area (TPSA) is 17.8 Å². The van der Waals surface area contributed by atoms with Crippen LogP contribution in [0.5, 0.6) is 0 Å². The molecule has 0 N–H and O–H groups in total. The summed E-state index contributed by atoms with van der Waals surface area (Å²) in [6, 6.07) is 10.2. The molecule has 0 spiro atoms. The summed E-state index contributed by atoms with van der Waals surface area (Å²) in [5.41, 5.74) is 3.66. The number of benzene rings is 1. The Bertz CT molecular complexity index is 420. The van der Waals surface area contributed by atoms with Gasteiger partial charge in [-0.05, 0) is 24.6 Å². The fourth-order valence-electron chi connectivity index (χ4n) is 1.41. The lowest BCUT2D eigenvalue weighted by Gasteiger charge is -2.05. The molecule has 2 rings (SSSR count). The van der Waals surface area contributed by atoms with Gasteiger partial charge in [-0.2, -0.15) is 5.10 Å². The van der Waals surface area contributed by atoms with E-state index in [2.05, 4.69) is 46.7 Å². The maximum Gasteiger partial charge on any atom is 0.0649 e. The fourth-order valence-corrected chi connectivity index (χ4v) is 2.33. The highest BCUT2D eigenvalue weighted by molar-refractivity contribution is 14.1. The summed E-state index contributed by atoms with van der Waals surface area (Å²) in [6.45, 7) is 2.10. The van der Waals surface area contributed by atoms with E-state index in [1.165, 1.54) is 11.3 Å². The van der Waals surface area contributed by atoms with Crippen molar-refractivity contribution in [3.05, 3.63) is 47.8 Å². The summed E-state index contributed by atoms with van der Waals surface area (Å²) < 4.78 is 2.99. The third-order valence-corrected chi connectivity index (χ3v) is 2.93. The zero-order valence-corrected chi connectivity index (χ0v) is 10.1. The van der Waals surface area contributed by atoms with Gasteiger partial charge in [-0.25, -0.2) is 4.68 Å². The molecular formula is C11H11IN2. The fraction of sp³-hybridized carbons (Fsp3) is 0.182. The molecule has 72 valence electrons. The average Bonchev–Trinajstić information content (AvgIpc) is 2.61. The van der Waals surface area contributed by atoms with E-state index in [0.717, 1.165) is 10.1 Å². The summed E-state index contributed by atoms with van der Waals surface area (Å²) in [7, 11) is 0. The molecule has 0 aliphatic carbocycles. The highest BCUT2D eigenvalue weighted by Crippen LogP contribution is 2.16. The third kappa shape index (κ3) is 1.68. The van der Waals surface area contributed by atoms with Crippen LogP contribution in [0.3, 0.4) is 0 Å². The molecule has 1 aromatic carbocycles. The van der Waals surface area contributed by atoms with Crippen molar-refractivity contribution in [2.24, 2.45) is 0 Å². The Morgan fingerprint density at radius 2 is 2.00 bits per heavy atom. The standard InChI is InChI=1S/C11H11IN2/c1-9-8-13-14(11(9)7-12)10-5-3-2-4-6-10/h2-6,8H,7H2,1H3. The summed E-state index contributed by atoms with van der Waals surface area (Å²) >= 11 is 2.37. The van der Waals surface area contributed by atoms with E-state index in [1.54, 1.807) is 0 Å². The average molecular weight is 298 g/mol. The molecule has 0 radical (unpaired) electrons. The molecule has 0 bridgehead atoms. The van der Waals surface area contributed by atoms with E-state index >= 15 is 0 Å². The number of aryl methyl sites for hydroxylation is 1. The van der Waals surface area contributed by atoms with Crippen molar-refractivity contribution in [2.75, 3.05) is 0 Å². The van der Waals surface area contributed by atoms with Crippen LogP contribution in [0.2, 0.25) is 0 Å². The van der Waals surface area contributed by atoms with Crippen molar-refractivity contribution in [2.45, 2.75) is 11.4 Å². The van der Waals surface area contributed by atoms with Crippen LogP contribution < -0.4 is 0 Å². The SMILES string of the molecule is Cc1cnn(-c2ccccc2)c1CI. The van der Waals surface area contributed by atoms with Gasteiger partial charge in [0.1, 0.15) is 0 Å². The number of para-hydroxylation sites is 1. The quantitative estimate of drug-likeness (QED) is 0.615. The van der Waals surface area contributed by atoms with Crippen molar-refractivity contribution in [1.29, 1.82) is 0 Å². The molecule has 14 heavy (non-hydrogen) atoms.